The van der Waals surface area contributed by atoms with E-state index in [1.807, 2.05) is 34.6 Å². The molecular formula is C16H32N2O4. The van der Waals surface area contributed by atoms with Crippen molar-refractivity contribution in [3.8, 4) is 0 Å². The highest BCUT2D eigenvalue weighted by molar-refractivity contribution is 5.67. The van der Waals surface area contributed by atoms with Crippen LogP contribution in [0.4, 0.5) is 4.79 Å². The summed E-state index contributed by atoms with van der Waals surface area (Å²) >= 11 is 0. The lowest BCUT2D eigenvalue weighted by Gasteiger charge is -2.37. The third-order valence-corrected chi connectivity index (χ3v) is 3.26. The van der Waals surface area contributed by atoms with Crippen molar-refractivity contribution < 1.29 is 19.0 Å². The predicted octanol–water partition coefficient (Wildman–Crippen LogP) is 2.42. The van der Waals surface area contributed by atoms with Crippen LogP contribution in [0.5, 0.6) is 0 Å². The van der Waals surface area contributed by atoms with Crippen LogP contribution in [0.1, 0.15) is 54.4 Å². The van der Waals surface area contributed by atoms with Gasteiger partial charge in [0, 0.05) is 12.6 Å². The van der Waals surface area contributed by atoms with Gasteiger partial charge >= 0.3 is 6.09 Å². The van der Waals surface area contributed by atoms with E-state index < -0.39 is 11.4 Å². The first-order chi connectivity index (χ1) is 10.1. The van der Waals surface area contributed by atoms with Crippen LogP contribution in [0.3, 0.4) is 0 Å². The molecule has 2 N–H and O–H groups in total. The molecular weight excluding hydrogens is 284 g/mol. The Morgan fingerprint density at radius 1 is 1.32 bits per heavy atom. The summed E-state index contributed by atoms with van der Waals surface area (Å²) in [5.41, 5.74) is -0.478. The van der Waals surface area contributed by atoms with E-state index in [-0.39, 0.29) is 18.2 Å². The lowest BCUT2D eigenvalue weighted by Crippen LogP contribution is -2.54. The predicted molar refractivity (Wildman–Crippen MR) is 85.8 cm³/mol. The van der Waals surface area contributed by atoms with Crippen LogP contribution in [0.25, 0.3) is 0 Å². The molecule has 1 unspecified atom stereocenters. The van der Waals surface area contributed by atoms with E-state index in [0.717, 1.165) is 12.8 Å². The van der Waals surface area contributed by atoms with Crippen LogP contribution in [-0.4, -0.2) is 49.3 Å². The lowest BCUT2D eigenvalue weighted by atomic mass is 10.1. The molecule has 22 heavy (non-hydrogen) atoms. The first-order valence-electron chi connectivity index (χ1n) is 8.12. The minimum atomic E-state index is -0.507. The Balaban J connectivity index is 2.37. The Bertz CT molecular complexity index is 343. The molecule has 6 nitrogen and oxygen atoms in total. The van der Waals surface area contributed by atoms with E-state index >= 15 is 0 Å². The molecule has 0 radical (unpaired) electrons. The molecule has 0 aromatic rings. The number of carbonyl (C=O) groups excluding carboxylic acids is 1. The van der Waals surface area contributed by atoms with Gasteiger partial charge in [-0.3, -0.25) is 0 Å². The molecule has 0 aromatic carbocycles. The number of rotatable bonds is 6. The van der Waals surface area contributed by atoms with Crippen LogP contribution >= 0.6 is 0 Å². The molecule has 1 amide bonds. The molecule has 1 aliphatic heterocycles. The van der Waals surface area contributed by atoms with Crippen LogP contribution in [-0.2, 0) is 14.2 Å². The van der Waals surface area contributed by atoms with Gasteiger partial charge in [-0.2, -0.15) is 0 Å². The van der Waals surface area contributed by atoms with Gasteiger partial charge in [0.25, 0.3) is 0 Å². The fourth-order valence-corrected chi connectivity index (χ4v) is 2.24. The lowest BCUT2D eigenvalue weighted by molar-refractivity contribution is -0.253. The highest BCUT2D eigenvalue weighted by Gasteiger charge is 2.29. The van der Waals surface area contributed by atoms with Crippen LogP contribution in [0.15, 0.2) is 0 Å². The van der Waals surface area contributed by atoms with Crippen molar-refractivity contribution in [2.45, 2.75) is 77.9 Å². The molecule has 1 rings (SSSR count). The normalized spacial score (nSPS) is 20.5. The zero-order chi connectivity index (χ0) is 16.8. The van der Waals surface area contributed by atoms with Gasteiger partial charge in [0.1, 0.15) is 5.60 Å². The van der Waals surface area contributed by atoms with Gasteiger partial charge in [0.15, 0.2) is 5.79 Å². The first kappa shape index (κ1) is 19.2. The van der Waals surface area contributed by atoms with Crippen molar-refractivity contribution in [3.05, 3.63) is 0 Å². The average molecular weight is 316 g/mol. The van der Waals surface area contributed by atoms with Crippen LogP contribution in [0, 0.1) is 0 Å². The van der Waals surface area contributed by atoms with E-state index in [1.165, 1.54) is 0 Å². The van der Waals surface area contributed by atoms with Gasteiger partial charge in [0.05, 0.1) is 19.3 Å². The maximum Gasteiger partial charge on any atom is 0.407 e. The summed E-state index contributed by atoms with van der Waals surface area (Å²) < 4.78 is 16.6. The zero-order valence-electron chi connectivity index (χ0n) is 14.8. The number of carbonyl (C=O) groups is 1. The van der Waals surface area contributed by atoms with Crippen molar-refractivity contribution in [1.29, 1.82) is 0 Å². The fourth-order valence-electron chi connectivity index (χ4n) is 2.24. The molecule has 6 heteroatoms. The van der Waals surface area contributed by atoms with Crippen molar-refractivity contribution in [3.63, 3.8) is 0 Å². The second-order valence-electron chi connectivity index (χ2n) is 7.25. The summed E-state index contributed by atoms with van der Waals surface area (Å²) in [5.74, 6) is -0.507. The molecule has 0 saturated carbocycles. The molecule has 0 bridgehead atoms. The molecule has 0 aliphatic carbocycles. The molecule has 0 aromatic heterocycles. The number of hydrogen-bond acceptors (Lipinski definition) is 5. The SMILES string of the molecule is CCCC(CNC(=O)OC(C)(C)C)NC1COC(C)(C)OC1. The Morgan fingerprint density at radius 3 is 2.41 bits per heavy atom. The molecule has 1 fully saturated rings. The highest BCUT2D eigenvalue weighted by atomic mass is 16.7. The Hall–Kier alpha value is -0.850. The van der Waals surface area contributed by atoms with Gasteiger partial charge in [-0.15, -0.1) is 0 Å². The van der Waals surface area contributed by atoms with Crippen molar-refractivity contribution in [1.82, 2.24) is 10.6 Å². The summed E-state index contributed by atoms with van der Waals surface area (Å²) in [6.07, 6.45) is 1.62. The Morgan fingerprint density at radius 2 is 1.91 bits per heavy atom. The summed E-state index contributed by atoms with van der Waals surface area (Å²) in [4.78, 5) is 11.7. The second-order valence-corrected chi connectivity index (χ2v) is 7.25. The van der Waals surface area contributed by atoms with Gasteiger partial charge < -0.3 is 24.8 Å². The molecule has 1 atom stereocenters. The first-order valence-corrected chi connectivity index (χ1v) is 8.12. The number of amides is 1. The zero-order valence-corrected chi connectivity index (χ0v) is 14.8. The molecule has 130 valence electrons. The molecule has 1 saturated heterocycles. The number of hydrogen-bond donors (Lipinski definition) is 2. The monoisotopic (exact) mass is 316 g/mol. The van der Waals surface area contributed by atoms with Crippen molar-refractivity contribution in [2.75, 3.05) is 19.8 Å². The fraction of sp³-hybridized carbons (Fsp3) is 0.938. The number of ether oxygens (including phenoxy) is 3. The van der Waals surface area contributed by atoms with Gasteiger partial charge in [-0.1, -0.05) is 13.3 Å². The minimum absolute atomic E-state index is 0.144. The summed E-state index contributed by atoms with van der Waals surface area (Å²) in [6.45, 7) is 13.3. The third-order valence-electron chi connectivity index (χ3n) is 3.26. The van der Waals surface area contributed by atoms with Gasteiger partial charge in [-0.25, -0.2) is 4.79 Å². The quantitative estimate of drug-likeness (QED) is 0.787. The van der Waals surface area contributed by atoms with E-state index in [1.54, 1.807) is 0 Å². The maximum absolute atomic E-state index is 11.7. The number of alkyl carbamates (subject to hydrolysis) is 1. The Kier molecular flexibility index (Phi) is 7.09. The highest BCUT2D eigenvalue weighted by Crippen LogP contribution is 2.17. The van der Waals surface area contributed by atoms with E-state index in [9.17, 15) is 4.79 Å². The standard InChI is InChI=1S/C16H32N2O4/c1-7-8-12(9-17-14(19)22-15(2,3)4)18-13-10-20-16(5,6)21-11-13/h12-13,18H,7-11H2,1-6H3,(H,17,19). The third kappa shape index (κ3) is 7.96. The molecule has 1 aliphatic rings. The maximum atomic E-state index is 11.7. The van der Waals surface area contributed by atoms with Gasteiger partial charge in [0.2, 0.25) is 0 Å². The van der Waals surface area contributed by atoms with E-state index in [2.05, 4.69) is 17.6 Å². The number of nitrogens with one attached hydrogen (secondary N) is 2. The minimum Gasteiger partial charge on any atom is -0.444 e. The summed E-state index contributed by atoms with van der Waals surface area (Å²) in [7, 11) is 0. The van der Waals surface area contributed by atoms with Crippen LogP contribution in [0.2, 0.25) is 0 Å². The van der Waals surface area contributed by atoms with Crippen LogP contribution < -0.4 is 10.6 Å². The largest absolute Gasteiger partial charge is 0.444 e. The topological polar surface area (TPSA) is 68.8 Å². The van der Waals surface area contributed by atoms with Crippen molar-refractivity contribution >= 4 is 6.09 Å². The van der Waals surface area contributed by atoms with Gasteiger partial charge in [-0.05, 0) is 41.0 Å². The van der Waals surface area contributed by atoms with Crippen molar-refractivity contribution in [2.24, 2.45) is 0 Å². The van der Waals surface area contributed by atoms with E-state index in [0.29, 0.717) is 19.8 Å². The average Bonchev–Trinajstić information content (AvgIpc) is 2.36. The second kappa shape index (κ2) is 8.13. The summed E-state index contributed by atoms with van der Waals surface area (Å²) in [5, 5.41) is 6.32. The summed E-state index contributed by atoms with van der Waals surface area (Å²) in [6, 6.07) is 0.320. The molecule has 0 spiro atoms. The molecule has 1 heterocycles. The Labute approximate surface area is 134 Å². The smallest absolute Gasteiger partial charge is 0.407 e. The van der Waals surface area contributed by atoms with E-state index in [4.69, 9.17) is 14.2 Å².